The average molecular weight is 353 g/mol. The van der Waals surface area contributed by atoms with E-state index in [4.69, 9.17) is 32.7 Å². The molecule has 2 nitrogen and oxygen atoms in total. The number of rotatable bonds is 4. The van der Waals surface area contributed by atoms with E-state index >= 15 is 0 Å². The van der Waals surface area contributed by atoms with Crippen molar-refractivity contribution in [2.75, 3.05) is 6.61 Å². The van der Waals surface area contributed by atoms with Crippen molar-refractivity contribution < 1.29 is 9.47 Å². The first-order chi connectivity index (χ1) is 11.1. The summed E-state index contributed by atoms with van der Waals surface area (Å²) in [7, 11) is 0. The number of hydrogen-bond acceptors (Lipinski definition) is 2. The van der Waals surface area contributed by atoms with Crippen LogP contribution in [0.4, 0.5) is 0 Å². The highest BCUT2D eigenvalue weighted by Crippen LogP contribution is 2.13. The van der Waals surface area contributed by atoms with E-state index in [1.54, 1.807) is 0 Å². The van der Waals surface area contributed by atoms with Gasteiger partial charge in [-0.15, -0.1) is 0 Å². The van der Waals surface area contributed by atoms with Gasteiger partial charge in [0, 0.05) is 16.7 Å². The minimum absolute atomic E-state index is 0.546. The van der Waals surface area contributed by atoms with Crippen LogP contribution in [0.25, 0.3) is 0 Å². The standard InChI is InChI=1S/C14H12Cl2O.C5H10O/c15-13-5-1-11(2-6-13)9-17-10-12-3-7-14(16)8-4-12;1-5-3-2-4-6-5/h1-8H,9-10H2;5H,2-4H2,1H3. The smallest absolute Gasteiger partial charge is 0.0721 e. The Morgan fingerprint density at radius 3 is 1.70 bits per heavy atom. The van der Waals surface area contributed by atoms with Gasteiger partial charge in [0.15, 0.2) is 0 Å². The topological polar surface area (TPSA) is 18.5 Å². The zero-order valence-corrected chi connectivity index (χ0v) is 14.8. The minimum Gasteiger partial charge on any atom is -0.379 e. The molecule has 0 saturated carbocycles. The molecule has 0 spiro atoms. The van der Waals surface area contributed by atoms with Crippen molar-refractivity contribution in [2.45, 2.75) is 39.1 Å². The normalized spacial score (nSPS) is 16.7. The Labute approximate surface area is 148 Å². The molecule has 1 aliphatic rings. The highest BCUT2D eigenvalue weighted by atomic mass is 35.5. The van der Waals surface area contributed by atoms with Gasteiger partial charge in [-0.3, -0.25) is 0 Å². The Balaban J connectivity index is 0.000000268. The Morgan fingerprint density at radius 1 is 0.913 bits per heavy atom. The third-order valence-electron chi connectivity index (χ3n) is 3.52. The molecule has 1 aliphatic heterocycles. The molecular weight excluding hydrogens is 331 g/mol. The average Bonchev–Trinajstić information content (AvgIpc) is 3.03. The summed E-state index contributed by atoms with van der Waals surface area (Å²) >= 11 is 11.6. The molecule has 124 valence electrons. The second-order valence-corrected chi connectivity index (χ2v) is 6.44. The molecule has 1 saturated heterocycles. The maximum absolute atomic E-state index is 5.80. The number of hydrogen-bond donors (Lipinski definition) is 0. The summed E-state index contributed by atoms with van der Waals surface area (Å²) < 4.78 is 10.8. The van der Waals surface area contributed by atoms with Crippen LogP contribution in [0.3, 0.4) is 0 Å². The van der Waals surface area contributed by atoms with Crippen LogP contribution in [-0.2, 0) is 22.7 Å². The predicted octanol–water partition coefficient (Wildman–Crippen LogP) is 5.90. The molecule has 0 bridgehead atoms. The van der Waals surface area contributed by atoms with Gasteiger partial charge in [0.25, 0.3) is 0 Å². The molecule has 1 heterocycles. The first-order valence-corrected chi connectivity index (χ1v) is 8.57. The van der Waals surface area contributed by atoms with Gasteiger partial charge in [-0.05, 0) is 55.2 Å². The summed E-state index contributed by atoms with van der Waals surface area (Å²) in [6.07, 6.45) is 3.08. The van der Waals surface area contributed by atoms with Gasteiger partial charge in [-0.2, -0.15) is 0 Å². The van der Waals surface area contributed by atoms with E-state index in [2.05, 4.69) is 6.92 Å². The van der Waals surface area contributed by atoms with Gasteiger partial charge in [0.2, 0.25) is 0 Å². The van der Waals surface area contributed by atoms with Crippen molar-refractivity contribution >= 4 is 23.2 Å². The molecule has 2 aromatic carbocycles. The van der Waals surface area contributed by atoms with Crippen molar-refractivity contribution in [1.82, 2.24) is 0 Å². The van der Waals surface area contributed by atoms with E-state index < -0.39 is 0 Å². The minimum atomic E-state index is 0.546. The molecule has 1 fully saturated rings. The van der Waals surface area contributed by atoms with E-state index in [0.29, 0.717) is 19.3 Å². The van der Waals surface area contributed by atoms with Crippen LogP contribution in [0.5, 0.6) is 0 Å². The number of ether oxygens (including phenoxy) is 2. The van der Waals surface area contributed by atoms with Crippen molar-refractivity contribution in [2.24, 2.45) is 0 Å². The Morgan fingerprint density at radius 2 is 1.39 bits per heavy atom. The monoisotopic (exact) mass is 352 g/mol. The summed E-state index contributed by atoms with van der Waals surface area (Å²) in [5.74, 6) is 0. The van der Waals surface area contributed by atoms with Gasteiger partial charge in [-0.25, -0.2) is 0 Å². The van der Waals surface area contributed by atoms with E-state index in [-0.39, 0.29) is 0 Å². The number of halogens is 2. The lowest BCUT2D eigenvalue weighted by molar-refractivity contribution is 0.107. The van der Waals surface area contributed by atoms with Gasteiger partial charge in [-0.1, -0.05) is 47.5 Å². The molecular formula is C19H22Cl2O2. The second kappa shape index (κ2) is 9.94. The molecule has 1 unspecified atom stereocenters. The first-order valence-electron chi connectivity index (χ1n) is 7.82. The largest absolute Gasteiger partial charge is 0.379 e. The zero-order chi connectivity index (χ0) is 16.5. The second-order valence-electron chi connectivity index (χ2n) is 5.57. The van der Waals surface area contributed by atoms with Crippen LogP contribution >= 0.6 is 23.2 Å². The van der Waals surface area contributed by atoms with Crippen LogP contribution in [0.2, 0.25) is 10.0 Å². The summed E-state index contributed by atoms with van der Waals surface area (Å²) in [5, 5.41) is 1.48. The van der Waals surface area contributed by atoms with Gasteiger partial charge in [0.1, 0.15) is 0 Å². The maximum Gasteiger partial charge on any atom is 0.0721 e. The Bertz CT molecular complexity index is 515. The van der Waals surface area contributed by atoms with Crippen LogP contribution in [0.15, 0.2) is 48.5 Å². The predicted molar refractivity (Wildman–Crippen MR) is 96.0 cm³/mol. The van der Waals surface area contributed by atoms with E-state index in [1.165, 1.54) is 12.8 Å². The fraction of sp³-hybridized carbons (Fsp3) is 0.368. The molecule has 3 rings (SSSR count). The lowest BCUT2D eigenvalue weighted by Gasteiger charge is -2.05. The molecule has 4 heteroatoms. The zero-order valence-electron chi connectivity index (χ0n) is 13.3. The summed E-state index contributed by atoms with van der Waals surface area (Å²) in [6, 6.07) is 15.3. The van der Waals surface area contributed by atoms with Gasteiger partial charge in [0.05, 0.1) is 19.3 Å². The first kappa shape index (κ1) is 18.3. The molecule has 0 radical (unpaired) electrons. The molecule has 1 atom stereocenters. The van der Waals surface area contributed by atoms with Crippen LogP contribution in [-0.4, -0.2) is 12.7 Å². The summed E-state index contributed by atoms with van der Waals surface area (Å²) in [6.45, 7) is 4.27. The SMILES string of the molecule is CC1CCCO1.Clc1ccc(COCc2ccc(Cl)cc2)cc1. The van der Waals surface area contributed by atoms with Gasteiger partial charge < -0.3 is 9.47 Å². The van der Waals surface area contributed by atoms with Crippen molar-refractivity contribution in [3.8, 4) is 0 Å². The number of benzene rings is 2. The lowest BCUT2D eigenvalue weighted by atomic mass is 10.2. The highest BCUT2D eigenvalue weighted by molar-refractivity contribution is 6.30. The Hall–Kier alpha value is -1.06. The molecule has 2 aromatic rings. The third kappa shape index (κ3) is 7.36. The van der Waals surface area contributed by atoms with E-state index in [0.717, 1.165) is 27.8 Å². The molecule has 0 aromatic heterocycles. The van der Waals surface area contributed by atoms with E-state index in [1.807, 2.05) is 48.5 Å². The van der Waals surface area contributed by atoms with Crippen molar-refractivity contribution in [1.29, 1.82) is 0 Å². The van der Waals surface area contributed by atoms with Crippen LogP contribution in [0, 0.1) is 0 Å². The van der Waals surface area contributed by atoms with Gasteiger partial charge >= 0.3 is 0 Å². The molecule has 23 heavy (non-hydrogen) atoms. The van der Waals surface area contributed by atoms with Crippen molar-refractivity contribution in [3.63, 3.8) is 0 Å². The third-order valence-corrected chi connectivity index (χ3v) is 4.03. The Kier molecular flexibility index (Phi) is 7.90. The summed E-state index contributed by atoms with van der Waals surface area (Å²) in [4.78, 5) is 0. The summed E-state index contributed by atoms with van der Waals surface area (Å²) in [5.41, 5.74) is 2.23. The van der Waals surface area contributed by atoms with Crippen LogP contribution < -0.4 is 0 Å². The fourth-order valence-electron chi connectivity index (χ4n) is 2.19. The van der Waals surface area contributed by atoms with E-state index in [9.17, 15) is 0 Å². The molecule has 0 amide bonds. The van der Waals surface area contributed by atoms with Crippen molar-refractivity contribution in [3.05, 3.63) is 69.7 Å². The quantitative estimate of drug-likeness (QED) is 0.682. The fourth-order valence-corrected chi connectivity index (χ4v) is 2.44. The maximum atomic E-state index is 5.80. The van der Waals surface area contributed by atoms with Crippen LogP contribution in [0.1, 0.15) is 30.9 Å². The molecule has 0 aliphatic carbocycles. The molecule has 0 N–H and O–H groups in total. The highest BCUT2D eigenvalue weighted by Gasteiger charge is 2.07. The lowest BCUT2D eigenvalue weighted by Crippen LogP contribution is -1.94.